The second-order valence-electron chi connectivity index (χ2n) is 6.97. The summed E-state index contributed by atoms with van der Waals surface area (Å²) in [7, 11) is -3.43. The molecule has 10 heteroatoms. The Labute approximate surface area is 182 Å². The molecule has 0 unspecified atom stereocenters. The third kappa shape index (κ3) is 4.80. The van der Waals surface area contributed by atoms with Crippen LogP contribution in [0.15, 0.2) is 59.5 Å². The topological polar surface area (TPSA) is 94.0 Å². The number of sulfone groups is 1. The van der Waals surface area contributed by atoms with Crippen LogP contribution in [-0.4, -0.2) is 34.8 Å². The highest BCUT2D eigenvalue weighted by Gasteiger charge is 2.17. The smallest absolute Gasteiger partial charge is 0.225 e. The Balaban J connectivity index is 1.44. The average molecular weight is 459 g/mol. The van der Waals surface area contributed by atoms with Crippen molar-refractivity contribution < 1.29 is 17.6 Å². The summed E-state index contributed by atoms with van der Waals surface area (Å²) in [6, 6.07) is 14.2. The number of carbonyl (C=O) groups excluding carboxylic acids is 1. The Kier molecular flexibility index (Phi) is 5.84. The Morgan fingerprint density at radius 3 is 2.71 bits per heavy atom. The van der Waals surface area contributed by atoms with Gasteiger partial charge in [-0.25, -0.2) is 17.8 Å². The van der Waals surface area contributed by atoms with Crippen LogP contribution in [0.5, 0.6) is 0 Å². The van der Waals surface area contributed by atoms with Crippen molar-refractivity contribution in [2.75, 3.05) is 11.1 Å². The molecule has 0 saturated heterocycles. The predicted octanol–water partition coefficient (Wildman–Crippen LogP) is 4.12. The van der Waals surface area contributed by atoms with Gasteiger partial charge >= 0.3 is 0 Å². The van der Waals surface area contributed by atoms with E-state index in [1.54, 1.807) is 49.4 Å². The summed E-state index contributed by atoms with van der Waals surface area (Å²) in [6.45, 7) is 1.78. The summed E-state index contributed by atoms with van der Waals surface area (Å²) < 4.78 is 40.3. The number of anilines is 1. The first kappa shape index (κ1) is 21.1. The third-order valence-corrected chi connectivity index (χ3v) is 7.35. The minimum absolute atomic E-state index is 0.0430. The molecule has 0 spiro atoms. The number of aryl methyl sites for hydroxylation is 1. The zero-order chi connectivity index (χ0) is 22.0. The summed E-state index contributed by atoms with van der Waals surface area (Å²) in [5.74, 6) is -0.366. The van der Waals surface area contributed by atoms with Crippen LogP contribution in [0.1, 0.15) is 18.5 Å². The number of carbonyl (C=O) groups is 1. The molecular weight excluding hydrogens is 439 g/mol. The van der Waals surface area contributed by atoms with Crippen LogP contribution in [0.2, 0.25) is 0 Å². The first-order valence-corrected chi connectivity index (χ1v) is 12.0. The molecule has 160 valence electrons. The van der Waals surface area contributed by atoms with Crippen molar-refractivity contribution in [1.82, 2.24) is 14.8 Å². The van der Waals surface area contributed by atoms with Gasteiger partial charge in [0, 0.05) is 12.5 Å². The molecule has 0 aliphatic heterocycles. The Hall–Kier alpha value is -3.11. The second kappa shape index (κ2) is 8.56. The van der Waals surface area contributed by atoms with E-state index in [0.29, 0.717) is 26.9 Å². The summed E-state index contributed by atoms with van der Waals surface area (Å²) in [5.41, 5.74) is 1.31. The van der Waals surface area contributed by atoms with E-state index in [1.807, 2.05) is 0 Å². The molecule has 0 radical (unpaired) electrons. The molecule has 0 aliphatic rings. The van der Waals surface area contributed by atoms with Gasteiger partial charge in [0.2, 0.25) is 11.0 Å². The SMILES string of the molecule is Cc1cc(NC(=O)CCCS(=O)(=O)c2ccccc2)n(-c2nc3ccc(F)cc3s2)n1. The summed E-state index contributed by atoms with van der Waals surface area (Å²) in [6.07, 6.45) is 0.234. The standard InChI is InChI=1S/C21H19FN4O3S2/c1-14-12-19(26(25-14)21-23-17-10-9-15(22)13-18(17)30-21)24-20(27)8-5-11-31(28,29)16-6-3-2-4-7-16/h2-4,6-7,9-10,12-13H,5,8,11H2,1H3,(H,24,27). The van der Waals surface area contributed by atoms with Crippen molar-refractivity contribution in [3.8, 4) is 5.13 Å². The van der Waals surface area contributed by atoms with Gasteiger partial charge in [0.1, 0.15) is 11.6 Å². The van der Waals surface area contributed by atoms with Gasteiger partial charge < -0.3 is 5.32 Å². The number of rotatable bonds is 7. The molecule has 0 bridgehead atoms. The molecule has 2 aromatic carbocycles. The molecule has 4 aromatic rings. The van der Waals surface area contributed by atoms with Gasteiger partial charge in [0.25, 0.3) is 0 Å². The van der Waals surface area contributed by atoms with Crippen LogP contribution in [0, 0.1) is 12.7 Å². The highest BCUT2D eigenvalue weighted by atomic mass is 32.2. The molecule has 0 fully saturated rings. The molecule has 7 nitrogen and oxygen atoms in total. The third-order valence-electron chi connectivity index (χ3n) is 4.54. The normalized spacial score (nSPS) is 11.7. The average Bonchev–Trinajstić information content (AvgIpc) is 3.31. The molecule has 0 atom stereocenters. The van der Waals surface area contributed by atoms with Crippen LogP contribution in [-0.2, 0) is 14.6 Å². The zero-order valence-corrected chi connectivity index (χ0v) is 18.2. The van der Waals surface area contributed by atoms with E-state index in [4.69, 9.17) is 0 Å². The van der Waals surface area contributed by atoms with Gasteiger partial charge in [-0.2, -0.15) is 9.78 Å². The maximum Gasteiger partial charge on any atom is 0.225 e. The van der Waals surface area contributed by atoms with E-state index in [1.165, 1.54) is 28.2 Å². The van der Waals surface area contributed by atoms with E-state index in [2.05, 4.69) is 15.4 Å². The molecule has 0 saturated carbocycles. The number of hydrogen-bond acceptors (Lipinski definition) is 6. The van der Waals surface area contributed by atoms with Crippen LogP contribution < -0.4 is 5.32 Å². The van der Waals surface area contributed by atoms with Crippen LogP contribution in [0.4, 0.5) is 10.2 Å². The fourth-order valence-electron chi connectivity index (χ4n) is 3.08. The molecule has 31 heavy (non-hydrogen) atoms. The lowest BCUT2D eigenvalue weighted by Crippen LogP contribution is -2.16. The maximum atomic E-state index is 13.5. The molecular formula is C21H19FN4O3S2. The number of nitrogens with one attached hydrogen (secondary N) is 1. The van der Waals surface area contributed by atoms with Gasteiger partial charge in [-0.1, -0.05) is 29.5 Å². The van der Waals surface area contributed by atoms with Gasteiger partial charge in [0.15, 0.2) is 9.84 Å². The first-order valence-electron chi connectivity index (χ1n) is 9.53. The monoisotopic (exact) mass is 458 g/mol. The minimum Gasteiger partial charge on any atom is -0.311 e. The highest BCUT2D eigenvalue weighted by molar-refractivity contribution is 7.91. The van der Waals surface area contributed by atoms with Crippen molar-refractivity contribution in [3.63, 3.8) is 0 Å². The maximum absolute atomic E-state index is 13.5. The van der Waals surface area contributed by atoms with E-state index < -0.39 is 9.84 Å². The number of thiazole rings is 1. The summed E-state index contributed by atoms with van der Waals surface area (Å²) in [5, 5.41) is 7.64. The van der Waals surface area contributed by atoms with E-state index >= 15 is 0 Å². The number of hydrogen-bond donors (Lipinski definition) is 1. The van der Waals surface area contributed by atoms with Crippen LogP contribution in [0.3, 0.4) is 0 Å². The summed E-state index contributed by atoms with van der Waals surface area (Å²) >= 11 is 1.26. The fraction of sp³-hybridized carbons (Fsp3) is 0.190. The fourth-order valence-corrected chi connectivity index (χ4v) is 5.37. The lowest BCUT2D eigenvalue weighted by atomic mass is 10.3. The Morgan fingerprint density at radius 2 is 1.94 bits per heavy atom. The number of halogens is 1. The highest BCUT2D eigenvalue weighted by Crippen LogP contribution is 2.28. The van der Waals surface area contributed by atoms with Crippen LogP contribution in [0.25, 0.3) is 15.3 Å². The molecule has 2 aromatic heterocycles. The predicted molar refractivity (Wildman–Crippen MR) is 118 cm³/mol. The van der Waals surface area contributed by atoms with Crippen LogP contribution >= 0.6 is 11.3 Å². The van der Waals surface area contributed by atoms with Gasteiger partial charge in [-0.3, -0.25) is 4.79 Å². The van der Waals surface area contributed by atoms with Crippen molar-refractivity contribution in [3.05, 3.63) is 66.1 Å². The van der Waals surface area contributed by atoms with Crippen molar-refractivity contribution in [2.45, 2.75) is 24.7 Å². The van der Waals surface area contributed by atoms with E-state index in [-0.39, 0.29) is 35.2 Å². The Morgan fingerprint density at radius 1 is 1.16 bits per heavy atom. The van der Waals surface area contributed by atoms with Gasteiger partial charge in [0.05, 0.1) is 26.6 Å². The molecule has 1 amide bonds. The van der Waals surface area contributed by atoms with Crippen molar-refractivity contribution in [1.29, 1.82) is 0 Å². The lowest BCUT2D eigenvalue weighted by Gasteiger charge is -2.07. The number of fused-ring (bicyclic) bond motifs is 1. The number of nitrogens with zero attached hydrogens (tertiary/aromatic N) is 3. The van der Waals surface area contributed by atoms with Crippen molar-refractivity contribution >= 4 is 43.1 Å². The molecule has 2 heterocycles. The Bertz CT molecular complexity index is 1350. The first-order chi connectivity index (χ1) is 14.8. The van der Waals surface area contributed by atoms with Gasteiger partial charge in [-0.05, 0) is 43.7 Å². The zero-order valence-electron chi connectivity index (χ0n) is 16.6. The van der Waals surface area contributed by atoms with E-state index in [9.17, 15) is 17.6 Å². The number of amides is 1. The van der Waals surface area contributed by atoms with Crippen molar-refractivity contribution in [2.24, 2.45) is 0 Å². The second-order valence-corrected chi connectivity index (χ2v) is 10.1. The minimum atomic E-state index is -3.43. The van der Waals surface area contributed by atoms with Gasteiger partial charge in [-0.15, -0.1) is 0 Å². The molecule has 1 N–H and O–H groups in total. The molecule has 0 aliphatic carbocycles. The largest absolute Gasteiger partial charge is 0.311 e. The number of benzene rings is 2. The summed E-state index contributed by atoms with van der Waals surface area (Å²) in [4.78, 5) is 17.1. The quantitative estimate of drug-likeness (QED) is 0.450. The van der Waals surface area contributed by atoms with E-state index in [0.717, 1.165) is 0 Å². The lowest BCUT2D eigenvalue weighted by molar-refractivity contribution is -0.116. The number of aromatic nitrogens is 3. The molecule has 4 rings (SSSR count).